The van der Waals surface area contributed by atoms with Gasteiger partial charge in [-0.2, -0.15) is 0 Å². The summed E-state index contributed by atoms with van der Waals surface area (Å²) in [6.07, 6.45) is 1.77. The van der Waals surface area contributed by atoms with Crippen LogP contribution in [-0.2, 0) is 6.54 Å². The number of rotatable bonds is 2. The maximum absolute atomic E-state index is 5.95. The fourth-order valence-corrected chi connectivity index (χ4v) is 2.64. The van der Waals surface area contributed by atoms with Crippen LogP contribution in [0.3, 0.4) is 0 Å². The van der Waals surface area contributed by atoms with Crippen LogP contribution in [0.4, 0.5) is 5.69 Å². The van der Waals surface area contributed by atoms with E-state index >= 15 is 0 Å². The molecule has 0 radical (unpaired) electrons. The smallest absolute Gasteiger partial charge is 0.206 e. The van der Waals surface area contributed by atoms with Crippen molar-refractivity contribution in [3.63, 3.8) is 0 Å². The highest BCUT2D eigenvalue weighted by molar-refractivity contribution is 7.98. The lowest BCUT2D eigenvalue weighted by atomic mass is 10.3. The monoisotopic (exact) mass is 290 g/mol. The Morgan fingerprint density at radius 2 is 2.21 bits per heavy atom. The molecular formula is C13H11ClN4S. The molecule has 0 bridgehead atoms. The van der Waals surface area contributed by atoms with Crippen LogP contribution in [0.25, 0.3) is 0 Å². The highest BCUT2D eigenvalue weighted by Gasteiger charge is 2.13. The zero-order valence-corrected chi connectivity index (χ0v) is 11.5. The molecule has 0 aliphatic carbocycles. The van der Waals surface area contributed by atoms with E-state index in [-0.39, 0.29) is 0 Å². The molecule has 1 aliphatic rings. The predicted molar refractivity (Wildman–Crippen MR) is 79.4 cm³/mol. The minimum Gasteiger partial charge on any atom is -0.325 e. The van der Waals surface area contributed by atoms with Gasteiger partial charge in [-0.3, -0.25) is 9.71 Å². The summed E-state index contributed by atoms with van der Waals surface area (Å²) in [6.45, 7) is 0.541. The Morgan fingerprint density at radius 1 is 1.26 bits per heavy atom. The molecule has 0 atom stereocenters. The maximum atomic E-state index is 5.95. The van der Waals surface area contributed by atoms with E-state index in [0.717, 1.165) is 27.3 Å². The van der Waals surface area contributed by atoms with Gasteiger partial charge < -0.3 is 5.32 Å². The fourth-order valence-electron chi connectivity index (χ4n) is 1.66. The van der Waals surface area contributed by atoms with E-state index in [4.69, 9.17) is 11.6 Å². The quantitative estimate of drug-likeness (QED) is 0.833. The normalized spacial score (nSPS) is 15.5. The summed E-state index contributed by atoms with van der Waals surface area (Å²) >= 11 is 7.44. The van der Waals surface area contributed by atoms with Gasteiger partial charge in [0.1, 0.15) is 0 Å². The van der Waals surface area contributed by atoms with Crippen molar-refractivity contribution in [3.05, 3.63) is 53.3 Å². The molecule has 1 aromatic heterocycles. The van der Waals surface area contributed by atoms with Crippen molar-refractivity contribution < 1.29 is 0 Å². The van der Waals surface area contributed by atoms with Crippen LogP contribution < -0.4 is 10.0 Å². The second-order valence-electron chi connectivity index (χ2n) is 3.96. The molecule has 2 heterocycles. The highest BCUT2D eigenvalue weighted by atomic mass is 35.5. The van der Waals surface area contributed by atoms with Gasteiger partial charge in [0.2, 0.25) is 5.96 Å². The van der Waals surface area contributed by atoms with Gasteiger partial charge in [0.05, 0.1) is 22.8 Å². The molecule has 19 heavy (non-hydrogen) atoms. The van der Waals surface area contributed by atoms with Crippen molar-refractivity contribution in [2.24, 2.45) is 4.99 Å². The summed E-state index contributed by atoms with van der Waals surface area (Å²) in [5, 5.41) is 3.95. The molecule has 96 valence electrons. The number of guanidine groups is 1. The molecule has 1 aromatic carbocycles. The average Bonchev–Trinajstić information content (AvgIpc) is 2.46. The number of hydrogen-bond acceptors (Lipinski definition) is 3. The Labute approximate surface area is 120 Å². The van der Waals surface area contributed by atoms with Crippen molar-refractivity contribution in [1.82, 2.24) is 9.71 Å². The molecule has 0 saturated carbocycles. The van der Waals surface area contributed by atoms with Crippen LogP contribution in [-0.4, -0.2) is 10.9 Å². The number of aromatic nitrogens is 1. The second-order valence-corrected chi connectivity index (χ2v) is 5.24. The third-order valence-corrected chi connectivity index (χ3v) is 3.67. The minimum atomic E-state index is 0.541. The topological polar surface area (TPSA) is 49.3 Å². The number of benzene rings is 1. The van der Waals surface area contributed by atoms with Crippen molar-refractivity contribution >= 4 is 35.2 Å². The molecule has 6 heteroatoms. The van der Waals surface area contributed by atoms with E-state index < -0.39 is 0 Å². The number of pyridine rings is 1. The third kappa shape index (κ3) is 3.00. The SMILES string of the molecule is Clc1ccc2c(c1)SNC(=NCc1ccccn1)N2. The fraction of sp³-hybridized carbons (Fsp3) is 0.0769. The van der Waals surface area contributed by atoms with Gasteiger partial charge in [0.15, 0.2) is 0 Å². The second kappa shape index (κ2) is 5.50. The lowest BCUT2D eigenvalue weighted by Gasteiger charge is -2.20. The Morgan fingerprint density at radius 3 is 3.05 bits per heavy atom. The van der Waals surface area contributed by atoms with Crippen LogP contribution in [0.1, 0.15) is 5.69 Å². The summed E-state index contributed by atoms with van der Waals surface area (Å²) in [5.41, 5.74) is 1.94. The minimum absolute atomic E-state index is 0.541. The molecular weight excluding hydrogens is 280 g/mol. The van der Waals surface area contributed by atoms with Gasteiger partial charge >= 0.3 is 0 Å². The zero-order chi connectivity index (χ0) is 13.1. The highest BCUT2D eigenvalue weighted by Crippen LogP contribution is 2.31. The Kier molecular flexibility index (Phi) is 3.57. The molecule has 0 unspecified atom stereocenters. The standard InChI is InChI=1S/C13H11ClN4S/c14-9-4-5-11-12(7-9)19-18-13(17-11)16-8-10-3-1-2-6-15-10/h1-7H,8H2,(H2,16,17,18). The third-order valence-electron chi connectivity index (χ3n) is 2.58. The zero-order valence-electron chi connectivity index (χ0n) is 9.93. The average molecular weight is 291 g/mol. The number of nitrogens with one attached hydrogen (secondary N) is 2. The Balaban J connectivity index is 1.73. The van der Waals surface area contributed by atoms with E-state index in [9.17, 15) is 0 Å². The number of aliphatic imine (C=N–C) groups is 1. The Hall–Kier alpha value is -1.72. The van der Waals surface area contributed by atoms with Crippen LogP contribution >= 0.6 is 23.5 Å². The molecule has 2 aromatic rings. The van der Waals surface area contributed by atoms with Gasteiger partial charge in [0.25, 0.3) is 0 Å². The van der Waals surface area contributed by atoms with Crippen LogP contribution in [0.15, 0.2) is 52.5 Å². The van der Waals surface area contributed by atoms with Crippen molar-refractivity contribution in [1.29, 1.82) is 0 Å². The summed E-state index contributed by atoms with van der Waals surface area (Å²) < 4.78 is 3.14. The van der Waals surface area contributed by atoms with Crippen LogP contribution in [0.5, 0.6) is 0 Å². The Bertz CT molecular complexity index is 615. The van der Waals surface area contributed by atoms with Gasteiger partial charge in [-0.1, -0.05) is 17.7 Å². The first-order valence-corrected chi connectivity index (χ1v) is 6.94. The summed E-state index contributed by atoms with van der Waals surface area (Å²) in [7, 11) is 0. The van der Waals surface area contributed by atoms with Gasteiger partial charge in [-0.05, 0) is 42.3 Å². The molecule has 3 rings (SSSR count). The van der Waals surface area contributed by atoms with E-state index in [1.54, 1.807) is 6.20 Å². The van der Waals surface area contributed by atoms with Gasteiger partial charge in [-0.15, -0.1) is 0 Å². The van der Waals surface area contributed by atoms with E-state index in [0.29, 0.717) is 6.54 Å². The molecule has 0 fully saturated rings. The lowest BCUT2D eigenvalue weighted by Crippen LogP contribution is -2.29. The van der Waals surface area contributed by atoms with E-state index in [1.807, 2.05) is 36.4 Å². The van der Waals surface area contributed by atoms with Crippen LogP contribution in [0.2, 0.25) is 5.02 Å². The maximum Gasteiger partial charge on any atom is 0.206 e. The largest absolute Gasteiger partial charge is 0.325 e. The lowest BCUT2D eigenvalue weighted by molar-refractivity contribution is 0.980. The summed E-state index contributed by atoms with van der Waals surface area (Å²) in [6, 6.07) is 11.5. The van der Waals surface area contributed by atoms with Crippen molar-refractivity contribution in [2.75, 3.05) is 5.32 Å². The van der Waals surface area contributed by atoms with Gasteiger partial charge in [0, 0.05) is 11.2 Å². The molecule has 2 N–H and O–H groups in total. The first kappa shape index (κ1) is 12.3. The number of fused-ring (bicyclic) bond motifs is 1. The van der Waals surface area contributed by atoms with Crippen LogP contribution in [0, 0.1) is 0 Å². The molecule has 1 aliphatic heterocycles. The first-order chi connectivity index (χ1) is 9.31. The molecule has 0 spiro atoms. The van der Waals surface area contributed by atoms with E-state index in [1.165, 1.54) is 11.9 Å². The predicted octanol–water partition coefficient (Wildman–Crippen LogP) is 3.31. The summed E-state index contributed by atoms with van der Waals surface area (Å²) in [4.78, 5) is 9.74. The molecule has 0 amide bonds. The van der Waals surface area contributed by atoms with E-state index in [2.05, 4.69) is 20.0 Å². The first-order valence-electron chi connectivity index (χ1n) is 5.75. The molecule has 4 nitrogen and oxygen atoms in total. The van der Waals surface area contributed by atoms with Crippen molar-refractivity contribution in [2.45, 2.75) is 11.4 Å². The summed E-state index contributed by atoms with van der Waals surface area (Å²) in [5.74, 6) is 0.727. The number of nitrogens with zero attached hydrogens (tertiary/aromatic N) is 2. The number of hydrogen-bond donors (Lipinski definition) is 2. The number of halogens is 1. The van der Waals surface area contributed by atoms with Gasteiger partial charge in [-0.25, -0.2) is 4.99 Å². The number of anilines is 1. The molecule has 0 saturated heterocycles. The van der Waals surface area contributed by atoms with Crippen molar-refractivity contribution in [3.8, 4) is 0 Å².